The van der Waals surface area contributed by atoms with Crippen molar-refractivity contribution in [3.8, 4) is 0 Å². The van der Waals surface area contributed by atoms with Crippen molar-refractivity contribution in [2.24, 2.45) is 0 Å². The molecule has 0 spiro atoms. The highest BCUT2D eigenvalue weighted by atomic mass is 16.3. The molecule has 1 atom stereocenters. The molecule has 2 N–H and O–H groups in total. The van der Waals surface area contributed by atoms with E-state index in [2.05, 4.69) is 35.5 Å². The molecular formula is C20H29N3O2. The molecule has 1 aromatic carbocycles. The number of rotatable bonds is 4. The van der Waals surface area contributed by atoms with Crippen molar-refractivity contribution in [3.05, 3.63) is 41.0 Å². The van der Waals surface area contributed by atoms with Crippen LogP contribution in [0.5, 0.6) is 0 Å². The molecule has 1 aliphatic heterocycles. The predicted octanol–water partition coefficient (Wildman–Crippen LogP) is 2.42. The average Bonchev–Trinajstić information content (AvgIpc) is 2.65. The highest BCUT2D eigenvalue weighted by molar-refractivity contribution is 5.75. The number of hydrogen-bond acceptors (Lipinski definition) is 3. The Morgan fingerprint density at radius 3 is 2.88 bits per heavy atom. The molecule has 2 aliphatic rings. The third-order valence-corrected chi connectivity index (χ3v) is 5.51. The van der Waals surface area contributed by atoms with E-state index in [0.717, 1.165) is 49.9 Å². The summed E-state index contributed by atoms with van der Waals surface area (Å²) < 4.78 is 0. The first-order valence-corrected chi connectivity index (χ1v) is 9.21. The number of hydrogen-bond donors (Lipinski definition) is 2. The monoisotopic (exact) mass is 343 g/mol. The van der Waals surface area contributed by atoms with Gasteiger partial charge >= 0.3 is 6.03 Å². The Balaban J connectivity index is 1.70. The van der Waals surface area contributed by atoms with Crippen LogP contribution in [-0.2, 0) is 6.42 Å². The highest BCUT2D eigenvalue weighted by Crippen LogP contribution is 2.27. The summed E-state index contributed by atoms with van der Waals surface area (Å²) in [6.07, 6.45) is 8.32. The van der Waals surface area contributed by atoms with Crippen LogP contribution in [0.3, 0.4) is 0 Å². The molecule has 1 fully saturated rings. The van der Waals surface area contributed by atoms with E-state index in [4.69, 9.17) is 0 Å². The van der Waals surface area contributed by atoms with E-state index < -0.39 is 0 Å². The van der Waals surface area contributed by atoms with E-state index in [0.29, 0.717) is 0 Å². The van der Waals surface area contributed by atoms with Crippen LogP contribution in [-0.4, -0.2) is 60.8 Å². The molecule has 3 rings (SSSR count). The fourth-order valence-electron chi connectivity index (χ4n) is 3.82. The van der Waals surface area contributed by atoms with Crippen LogP contribution in [0.25, 0.3) is 6.08 Å². The molecular weight excluding hydrogens is 314 g/mol. The number of likely N-dealkylation sites (tertiary alicyclic amines) is 1. The molecule has 0 radical (unpaired) electrons. The molecule has 1 aliphatic carbocycles. The zero-order valence-corrected chi connectivity index (χ0v) is 15.2. The van der Waals surface area contributed by atoms with Gasteiger partial charge in [0.15, 0.2) is 0 Å². The van der Waals surface area contributed by atoms with E-state index >= 15 is 0 Å². The molecule has 0 aromatic heterocycles. The van der Waals surface area contributed by atoms with E-state index in [9.17, 15) is 9.90 Å². The SMILES string of the molecule is CN1CCC(N(C)C(=O)NC(CO)c2cccc3c2C=CCC3)CC1. The molecule has 1 heterocycles. The van der Waals surface area contributed by atoms with Crippen LogP contribution in [0, 0.1) is 0 Å². The number of piperidine rings is 1. The Kier molecular flexibility index (Phi) is 5.76. The number of nitrogens with one attached hydrogen (secondary N) is 1. The molecule has 136 valence electrons. The van der Waals surface area contributed by atoms with Gasteiger partial charge in [0.1, 0.15) is 0 Å². The van der Waals surface area contributed by atoms with E-state index in [-0.39, 0.29) is 24.7 Å². The lowest BCUT2D eigenvalue weighted by atomic mass is 9.90. The number of allylic oxidation sites excluding steroid dienone is 1. The van der Waals surface area contributed by atoms with Gasteiger partial charge < -0.3 is 20.2 Å². The first-order valence-electron chi connectivity index (χ1n) is 9.21. The predicted molar refractivity (Wildman–Crippen MR) is 100 cm³/mol. The molecule has 0 saturated carbocycles. The van der Waals surface area contributed by atoms with Gasteiger partial charge in [-0.05, 0) is 62.5 Å². The maximum Gasteiger partial charge on any atom is 0.317 e. The number of aliphatic hydroxyl groups is 1. The fraction of sp³-hybridized carbons (Fsp3) is 0.550. The standard InChI is InChI=1S/C20H29N3O2/c1-22-12-10-16(11-13-22)23(2)20(25)21-19(14-24)18-9-5-7-15-6-3-4-8-17(15)18/h4-5,7-9,16,19,24H,3,6,10-14H2,1-2H3,(H,21,25). The van der Waals surface area contributed by atoms with E-state index in [1.807, 2.05) is 19.2 Å². The van der Waals surface area contributed by atoms with Crippen LogP contribution in [0.2, 0.25) is 0 Å². The summed E-state index contributed by atoms with van der Waals surface area (Å²) in [7, 11) is 3.98. The Morgan fingerprint density at radius 2 is 2.16 bits per heavy atom. The summed E-state index contributed by atoms with van der Waals surface area (Å²) in [5.74, 6) is 0. The van der Waals surface area contributed by atoms with Crippen molar-refractivity contribution >= 4 is 12.1 Å². The van der Waals surface area contributed by atoms with Crippen molar-refractivity contribution in [1.29, 1.82) is 0 Å². The summed E-state index contributed by atoms with van der Waals surface area (Å²) in [4.78, 5) is 16.8. The third kappa shape index (κ3) is 4.05. The van der Waals surface area contributed by atoms with Crippen molar-refractivity contribution in [2.45, 2.75) is 37.8 Å². The van der Waals surface area contributed by atoms with Crippen LogP contribution in [0.15, 0.2) is 24.3 Å². The Labute approximate surface area is 150 Å². The van der Waals surface area contributed by atoms with Gasteiger partial charge in [0, 0.05) is 13.1 Å². The first kappa shape index (κ1) is 18.0. The van der Waals surface area contributed by atoms with Crippen molar-refractivity contribution in [2.75, 3.05) is 33.8 Å². The van der Waals surface area contributed by atoms with E-state index in [1.54, 1.807) is 4.90 Å². The highest BCUT2D eigenvalue weighted by Gasteiger charge is 2.26. The lowest BCUT2D eigenvalue weighted by Gasteiger charge is -2.36. The maximum atomic E-state index is 12.7. The molecule has 0 bridgehead atoms. The summed E-state index contributed by atoms with van der Waals surface area (Å²) >= 11 is 0. The van der Waals surface area contributed by atoms with Gasteiger partial charge in [-0.15, -0.1) is 0 Å². The molecule has 1 aromatic rings. The van der Waals surface area contributed by atoms with Gasteiger partial charge in [0.2, 0.25) is 0 Å². The smallest absolute Gasteiger partial charge is 0.317 e. The van der Waals surface area contributed by atoms with Gasteiger partial charge in [-0.1, -0.05) is 30.4 Å². The third-order valence-electron chi connectivity index (χ3n) is 5.51. The van der Waals surface area contributed by atoms with Crippen molar-refractivity contribution in [1.82, 2.24) is 15.1 Å². The summed E-state index contributed by atoms with van der Waals surface area (Å²) in [6, 6.07) is 5.93. The van der Waals surface area contributed by atoms with Gasteiger partial charge in [-0.2, -0.15) is 0 Å². The number of benzene rings is 1. The van der Waals surface area contributed by atoms with Gasteiger partial charge in [0.05, 0.1) is 12.6 Å². The number of urea groups is 1. The molecule has 25 heavy (non-hydrogen) atoms. The zero-order chi connectivity index (χ0) is 17.8. The minimum Gasteiger partial charge on any atom is -0.394 e. The van der Waals surface area contributed by atoms with Crippen LogP contribution in [0.1, 0.15) is 42.0 Å². The van der Waals surface area contributed by atoms with Gasteiger partial charge in [0.25, 0.3) is 0 Å². The summed E-state index contributed by atoms with van der Waals surface area (Å²) in [5, 5.41) is 12.9. The number of nitrogens with zero attached hydrogens (tertiary/aromatic N) is 2. The number of carbonyl (C=O) groups excluding carboxylic acids is 1. The minimum atomic E-state index is -0.376. The largest absolute Gasteiger partial charge is 0.394 e. The van der Waals surface area contributed by atoms with Gasteiger partial charge in [-0.25, -0.2) is 4.79 Å². The zero-order valence-electron chi connectivity index (χ0n) is 15.2. The second-order valence-corrected chi connectivity index (χ2v) is 7.19. The average molecular weight is 343 g/mol. The summed E-state index contributed by atoms with van der Waals surface area (Å²) in [6.45, 7) is 1.93. The Hall–Kier alpha value is -1.85. The quantitative estimate of drug-likeness (QED) is 0.883. The molecule has 2 amide bonds. The first-order chi connectivity index (χ1) is 12.1. The number of aryl methyl sites for hydroxylation is 1. The van der Waals surface area contributed by atoms with Crippen molar-refractivity contribution < 1.29 is 9.90 Å². The van der Waals surface area contributed by atoms with Crippen LogP contribution < -0.4 is 5.32 Å². The fourth-order valence-corrected chi connectivity index (χ4v) is 3.82. The number of aliphatic hydroxyl groups excluding tert-OH is 1. The molecule has 1 saturated heterocycles. The number of amides is 2. The second kappa shape index (κ2) is 8.02. The second-order valence-electron chi connectivity index (χ2n) is 7.19. The lowest BCUT2D eigenvalue weighted by molar-refractivity contribution is 0.141. The lowest BCUT2D eigenvalue weighted by Crippen LogP contribution is -2.49. The van der Waals surface area contributed by atoms with Crippen LogP contribution in [0.4, 0.5) is 4.79 Å². The number of carbonyl (C=O) groups is 1. The Morgan fingerprint density at radius 1 is 1.40 bits per heavy atom. The normalized spacial score (nSPS) is 19.3. The minimum absolute atomic E-state index is 0.0999. The maximum absolute atomic E-state index is 12.7. The number of fused-ring (bicyclic) bond motifs is 1. The van der Waals surface area contributed by atoms with Crippen molar-refractivity contribution in [3.63, 3.8) is 0 Å². The molecule has 5 heteroatoms. The van der Waals surface area contributed by atoms with Crippen LogP contribution >= 0.6 is 0 Å². The van der Waals surface area contributed by atoms with E-state index in [1.165, 1.54) is 5.56 Å². The molecule has 1 unspecified atom stereocenters. The summed E-state index contributed by atoms with van der Waals surface area (Å²) in [5.41, 5.74) is 3.44. The van der Waals surface area contributed by atoms with Gasteiger partial charge in [-0.3, -0.25) is 0 Å². The topological polar surface area (TPSA) is 55.8 Å². The molecule has 5 nitrogen and oxygen atoms in total. The Bertz CT molecular complexity index is 636.